The number of benzene rings is 2. The third-order valence-electron chi connectivity index (χ3n) is 4.27. The number of aromatic amines is 1. The van der Waals surface area contributed by atoms with Crippen LogP contribution in [0.4, 0.5) is 4.39 Å². The van der Waals surface area contributed by atoms with Crippen molar-refractivity contribution in [3.63, 3.8) is 0 Å². The number of hydrogen-bond donors (Lipinski definition) is 1. The van der Waals surface area contributed by atoms with Crippen LogP contribution in [0, 0.1) is 5.82 Å². The van der Waals surface area contributed by atoms with Gasteiger partial charge in [0.2, 0.25) is 0 Å². The summed E-state index contributed by atoms with van der Waals surface area (Å²) in [6, 6.07) is 14.3. The van der Waals surface area contributed by atoms with E-state index in [0.29, 0.717) is 13.1 Å². The van der Waals surface area contributed by atoms with Crippen molar-refractivity contribution < 1.29 is 9.18 Å². The molecule has 0 saturated heterocycles. The van der Waals surface area contributed by atoms with Crippen LogP contribution in [-0.2, 0) is 13.0 Å². The second-order valence-corrected chi connectivity index (χ2v) is 5.58. The van der Waals surface area contributed by atoms with Crippen molar-refractivity contribution in [3.05, 3.63) is 71.2 Å². The van der Waals surface area contributed by atoms with E-state index in [2.05, 4.69) is 11.1 Å². The van der Waals surface area contributed by atoms with E-state index in [1.165, 1.54) is 17.0 Å². The molecule has 0 unspecified atom stereocenters. The van der Waals surface area contributed by atoms with Gasteiger partial charge in [0.25, 0.3) is 5.91 Å². The molecule has 3 nitrogen and oxygen atoms in total. The number of carbonyl (C=O) groups excluding carboxylic acids is 1. The lowest BCUT2D eigenvalue weighted by molar-refractivity contribution is 0.0728. The molecule has 1 aliphatic heterocycles. The van der Waals surface area contributed by atoms with Crippen molar-refractivity contribution in [1.82, 2.24) is 9.88 Å². The summed E-state index contributed by atoms with van der Waals surface area (Å²) >= 11 is 0. The van der Waals surface area contributed by atoms with Crippen LogP contribution in [0.5, 0.6) is 0 Å². The van der Waals surface area contributed by atoms with Gasteiger partial charge in [0.15, 0.2) is 0 Å². The highest BCUT2D eigenvalue weighted by atomic mass is 19.1. The van der Waals surface area contributed by atoms with Gasteiger partial charge in [0.05, 0.1) is 12.1 Å². The van der Waals surface area contributed by atoms with Gasteiger partial charge in [-0.05, 0) is 30.2 Å². The molecule has 0 radical (unpaired) electrons. The lowest BCUT2D eigenvalue weighted by Gasteiger charge is -2.27. The highest BCUT2D eigenvalue weighted by molar-refractivity contribution is 5.95. The van der Waals surface area contributed by atoms with Crippen molar-refractivity contribution >= 4 is 16.8 Å². The summed E-state index contributed by atoms with van der Waals surface area (Å²) in [7, 11) is 0. The third kappa shape index (κ3) is 1.99. The SMILES string of the molecule is O=C(c1ccccc1F)N1CCc2c([nH]c3ccccc23)C1. The smallest absolute Gasteiger partial charge is 0.257 e. The molecule has 1 aliphatic rings. The Labute approximate surface area is 127 Å². The van der Waals surface area contributed by atoms with Crippen molar-refractivity contribution in [2.45, 2.75) is 13.0 Å². The largest absolute Gasteiger partial charge is 0.357 e. The maximum Gasteiger partial charge on any atom is 0.257 e. The molecule has 3 aromatic rings. The van der Waals surface area contributed by atoms with Crippen LogP contribution >= 0.6 is 0 Å². The minimum atomic E-state index is -0.463. The standard InChI is InChI=1S/C18H15FN2O/c19-15-7-3-1-6-14(15)18(22)21-10-9-13-12-5-2-4-8-16(12)20-17(13)11-21/h1-8,20H,9-11H2. The molecule has 4 rings (SSSR count). The maximum atomic E-state index is 13.8. The number of aromatic nitrogens is 1. The van der Waals surface area contributed by atoms with Gasteiger partial charge in [-0.3, -0.25) is 4.79 Å². The Hall–Kier alpha value is -2.62. The molecule has 4 heteroatoms. The van der Waals surface area contributed by atoms with E-state index in [1.807, 2.05) is 18.2 Å². The van der Waals surface area contributed by atoms with Crippen molar-refractivity contribution in [1.29, 1.82) is 0 Å². The Balaban J connectivity index is 1.67. The Morgan fingerprint density at radius 2 is 1.86 bits per heavy atom. The highest BCUT2D eigenvalue weighted by Crippen LogP contribution is 2.28. The number of fused-ring (bicyclic) bond motifs is 3. The summed E-state index contributed by atoms with van der Waals surface area (Å²) in [5.74, 6) is -0.711. The van der Waals surface area contributed by atoms with Gasteiger partial charge in [-0.25, -0.2) is 4.39 Å². The van der Waals surface area contributed by atoms with Crippen molar-refractivity contribution in [3.8, 4) is 0 Å². The van der Waals surface area contributed by atoms with E-state index in [1.54, 1.807) is 23.1 Å². The third-order valence-corrected chi connectivity index (χ3v) is 4.27. The van der Waals surface area contributed by atoms with Crippen LogP contribution in [0.15, 0.2) is 48.5 Å². The zero-order valence-electron chi connectivity index (χ0n) is 12.0. The Bertz CT molecular complexity index is 868. The van der Waals surface area contributed by atoms with Crippen LogP contribution in [0.2, 0.25) is 0 Å². The minimum absolute atomic E-state index is 0.141. The average molecular weight is 294 g/mol. The Morgan fingerprint density at radius 3 is 2.73 bits per heavy atom. The molecule has 0 fully saturated rings. The van der Waals surface area contributed by atoms with Gasteiger partial charge in [0.1, 0.15) is 5.82 Å². The number of nitrogens with zero attached hydrogens (tertiary/aromatic N) is 1. The quantitative estimate of drug-likeness (QED) is 0.732. The number of hydrogen-bond acceptors (Lipinski definition) is 1. The van der Waals surface area contributed by atoms with Gasteiger partial charge < -0.3 is 9.88 Å². The molecule has 0 atom stereocenters. The van der Waals surface area contributed by atoms with Crippen LogP contribution in [0.3, 0.4) is 0 Å². The van der Waals surface area contributed by atoms with Gasteiger partial charge in [-0.15, -0.1) is 0 Å². The molecule has 0 aliphatic carbocycles. The molecule has 1 amide bonds. The fraction of sp³-hybridized carbons (Fsp3) is 0.167. The summed E-state index contributed by atoms with van der Waals surface area (Å²) in [5.41, 5.74) is 3.56. The lowest BCUT2D eigenvalue weighted by Crippen LogP contribution is -2.36. The molecule has 0 spiro atoms. The van der Waals surface area contributed by atoms with Crippen molar-refractivity contribution in [2.75, 3.05) is 6.54 Å². The Kier molecular flexibility index (Phi) is 2.96. The second kappa shape index (κ2) is 4.98. The first kappa shape index (κ1) is 13.1. The van der Waals surface area contributed by atoms with E-state index < -0.39 is 5.82 Å². The first-order chi connectivity index (χ1) is 10.7. The highest BCUT2D eigenvalue weighted by Gasteiger charge is 2.25. The number of amides is 1. The van der Waals surface area contributed by atoms with Crippen LogP contribution in [-0.4, -0.2) is 22.3 Å². The normalized spacial score (nSPS) is 14.1. The molecule has 1 aromatic heterocycles. The molecule has 22 heavy (non-hydrogen) atoms. The van der Waals surface area contributed by atoms with Gasteiger partial charge in [-0.1, -0.05) is 30.3 Å². The number of rotatable bonds is 1. The Morgan fingerprint density at radius 1 is 1.09 bits per heavy atom. The molecule has 110 valence electrons. The fourth-order valence-corrected chi connectivity index (χ4v) is 3.17. The zero-order valence-corrected chi connectivity index (χ0v) is 12.0. The maximum absolute atomic E-state index is 13.8. The van der Waals surface area contributed by atoms with E-state index in [-0.39, 0.29) is 11.5 Å². The average Bonchev–Trinajstić information content (AvgIpc) is 2.92. The van der Waals surface area contributed by atoms with Crippen molar-refractivity contribution in [2.24, 2.45) is 0 Å². The van der Waals surface area contributed by atoms with E-state index in [4.69, 9.17) is 0 Å². The summed E-state index contributed by atoms with van der Waals surface area (Å²) in [6.45, 7) is 1.11. The number of para-hydroxylation sites is 1. The number of carbonyl (C=O) groups is 1. The molecule has 1 N–H and O–H groups in total. The second-order valence-electron chi connectivity index (χ2n) is 5.58. The fourth-order valence-electron chi connectivity index (χ4n) is 3.17. The van der Waals surface area contributed by atoms with Gasteiger partial charge in [-0.2, -0.15) is 0 Å². The van der Waals surface area contributed by atoms with Crippen LogP contribution in [0.1, 0.15) is 21.6 Å². The summed E-state index contributed by atoms with van der Waals surface area (Å²) in [6.07, 6.45) is 0.791. The molecule has 0 saturated carbocycles. The van der Waals surface area contributed by atoms with Gasteiger partial charge in [0, 0.05) is 23.1 Å². The first-order valence-electron chi connectivity index (χ1n) is 7.36. The molecule has 2 heterocycles. The predicted octanol–water partition coefficient (Wildman–Crippen LogP) is 3.51. The zero-order chi connectivity index (χ0) is 15.1. The minimum Gasteiger partial charge on any atom is -0.357 e. The first-order valence-corrected chi connectivity index (χ1v) is 7.36. The predicted molar refractivity (Wildman–Crippen MR) is 83.1 cm³/mol. The topological polar surface area (TPSA) is 36.1 Å². The monoisotopic (exact) mass is 294 g/mol. The number of halogens is 1. The molecular weight excluding hydrogens is 279 g/mol. The van der Waals surface area contributed by atoms with Gasteiger partial charge >= 0.3 is 0 Å². The van der Waals surface area contributed by atoms with E-state index in [0.717, 1.165) is 17.6 Å². The number of nitrogens with one attached hydrogen (secondary N) is 1. The lowest BCUT2D eigenvalue weighted by atomic mass is 10.0. The van der Waals surface area contributed by atoms with Crippen LogP contribution in [0.25, 0.3) is 10.9 Å². The van der Waals surface area contributed by atoms with E-state index >= 15 is 0 Å². The summed E-state index contributed by atoms with van der Waals surface area (Å²) in [5, 5.41) is 1.22. The summed E-state index contributed by atoms with van der Waals surface area (Å²) < 4.78 is 13.8. The number of H-pyrrole nitrogens is 1. The molecular formula is C18H15FN2O. The van der Waals surface area contributed by atoms with E-state index in [9.17, 15) is 9.18 Å². The van der Waals surface area contributed by atoms with Crippen LogP contribution < -0.4 is 0 Å². The summed E-state index contributed by atoms with van der Waals surface area (Å²) in [4.78, 5) is 17.6. The molecule has 0 bridgehead atoms. The molecule has 2 aromatic carbocycles.